The summed E-state index contributed by atoms with van der Waals surface area (Å²) >= 11 is 5.57. The van der Waals surface area contributed by atoms with Crippen molar-refractivity contribution in [3.63, 3.8) is 0 Å². The molecule has 12 heavy (non-hydrogen) atoms. The van der Waals surface area contributed by atoms with E-state index in [2.05, 4.69) is 15.0 Å². The van der Waals surface area contributed by atoms with Gasteiger partial charge in [0.2, 0.25) is 5.28 Å². The third-order valence-electron chi connectivity index (χ3n) is 1.32. The highest BCUT2D eigenvalue weighted by Crippen LogP contribution is 2.23. The zero-order chi connectivity index (χ0) is 9.14. The standard InChI is InChI=1S/C7H9ClN4/c1-3-10-5-4(2)11-7(8)12-6(5)9/h3H,1-2H3,(H2,9,11,12)/b10-3-. The molecule has 0 saturated heterocycles. The first-order valence-corrected chi connectivity index (χ1v) is 3.81. The molecule has 1 aromatic heterocycles. The minimum absolute atomic E-state index is 0.153. The van der Waals surface area contributed by atoms with Gasteiger partial charge < -0.3 is 5.73 Å². The number of aryl methyl sites for hydroxylation is 1. The lowest BCUT2D eigenvalue weighted by atomic mass is 10.3. The van der Waals surface area contributed by atoms with Crippen molar-refractivity contribution in [3.05, 3.63) is 11.0 Å². The Morgan fingerprint density at radius 3 is 2.67 bits per heavy atom. The maximum Gasteiger partial charge on any atom is 0.224 e. The van der Waals surface area contributed by atoms with Gasteiger partial charge in [0.15, 0.2) is 5.82 Å². The molecule has 0 radical (unpaired) electrons. The van der Waals surface area contributed by atoms with Gasteiger partial charge in [0, 0.05) is 6.21 Å². The molecule has 0 fully saturated rings. The summed E-state index contributed by atoms with van der Waals surface area (Å²) in [5, 5.41) is 0.153. The van der Waals surface area contributed by atoms with Gasteiger partial charge in [-0.2, -0.15) is 4.98 Å². The quantitative estimate of drug-likeness (QED) is 0.534. The molecule has 2 N–H and O–H groups in total. The van der Waals surface area contributed by atoms with Crippen molar-refractivity contribution in [2.75, 3.05) is 5.73 Å². The Kier molecular flexibility index (Phi) is 2.60. The van der Waals surface area contributed by atoms with Crippen molar-refractivity contribution in [3.8, 4) is 0 Å². The number of nitrogen functional groups attached to an aromatic ring is 1. The summed E-state index contributed by atoms with van der Waals surface area (Å²) in [6, 6.07) is 0. The number of nitrogens with two attached hydrogens (primary N) is 1. The van der Waals surface area contributed by atoms with Crippen LogP contribution < -0.4 is 5.73 Å². The molecule has 4 nitrogen and oxygen atoms in total. The number of rotatable bonds is 1. The SMILES string of the molecule is C/C=N\c1c(C)nc(Cl)nc1N. The second kappa shape index (κ2) is 3.49. The monoisotopic (exact) mass is 184 g/mol. The Bertz CT molecular complexity index is 298. The van der Waals surface area contributed by atoms with Crippen molar-refractivity contribution in [1.29, 1.82) is 0 Å². The van der Waals surface area contributed by atoms with Gasteiger partial charge in [0.05, 0.1) is 5.69 Å². The zero-order valence-electron chi connectivity index (χ0n) is 6.87. The van der Waals surface area contributed by atoms with Crippen molar-refractivity contribution < 1.29 is 0 Å². The summed E-state index contributed by atoms with van der Waals surface area (Å²) < 4.78 is 0. The first kappa shape index (κ1) is 8.93. The van der Waals surface area contributed by atoms with E-state index in [4.69, 9.17) is 17.3 Å². The fraction of sp³-hybridized carbons (Fsp3) is 0.286. The average molecular weight is 185 g/mol. The minimum Gasteiger partial charge on any atom is -0.382 e. The maximum atomic E-state index is 5.57. The molecule has 0 unspecified atom stereocenters. The van der Waals surface area contributed by atoms with E-state index in [0.717, 1.165) is 0 Å². The Morgan fingerprint density at radius 1 is 1.50 bits per heavy atom. The van der Waals surface area contributed by atoms with Gasteiger partial charge in [-0.3, -0.25) is 4.99 Å². The normalized spacial score (nSPS) is 10.9. The number of anilines is 1. The number of nitrogens with zero attached hydrogens (tertiary/aromatic N) is 3. The fourth-order valence-electron chi connectivity index (χ4n) is 0.843. The van der Waals surface area contributed by atoms with Crippen LogP contribution in [0.3, 0.4) is 0 Å². The van der Waals surface area contributed by atoms with E-state index >= 15 is 0 Å². The van der Waals surface area contributed by atoms with E-state index in [1.807, 2.05) is 0 Å². The van der Waals surface area contributed by atoms with Crippen LogP contribution in [0.4, 0.5) is 11.5 Å². The van der Waals surface area contributed by atoms with Crippen molar-refractivity contribution in [2.24, 2.45) is 4.99 Å². The Labute approximate surface area is 75.5 Å². The lowest BCUT2D eigenvalue weighted by Gasteiger charge is -2.01. The largest absolute Gasteiger partial charge is 0.382 e. The summed E-state index contributed by atoms with van der Waals surface area (Å²) in [4.78, 5) is 11.7. The van der Waals surface area contributed by atoms with Crippen LogP contribution in [0.25, 0.3) is 0 Å². The molecule has 0 amide bonds. The first-order valence-electron chi connectivity index (χ1n) is 3.43. The fourth-order valence-corrected chi connectivity index (χ4v) is 1.06. The number of aliphatic imine (C=N–C) groups is 1. The van der Waals surface area contributed by atoms with Crippen LogP contribution in [-0.4, -0.2) is 16.2 Å². The van der Waals surface area contributed by atoms with Crippen LogP contribution in [0.5, 0.6) is 0 Å². The van der Waals surface area contributed by atoms with Crippen LogP contribution >= 0.6 is 11.6 Å². The van der Waals surface area contributed by atoms with Gasteiger partial charge in [-0.1, -0.05) is 0 Å². The maximum absolute atomic E-state index is 5.57. The lowest BCUT2D eigenvalue weighted by Crippen LogP contribution is -1.96. The Morgan fingerprint density at radius 2 is 2.17 bits per heavy atom. The van der Waals surface area contributed by atoms with Crippen molar-refractivity contribution >= 4 is 29.3 Å². The topological polar surface area (TPSA) is 64.2 Å². The smallest absolute Gasteiger partial charge is 0.224 e. The lowest BCUT2D eigenvalue weighted by molar-refractivity contribution is 1.10. The molecule has 1 rings (SSSR count). The number of aromatic nitrogens is 2. The molecule has 1 aromatic rings. The van der Waals surface area contributed by atoms with E-state index in [-0.39, 0.29) is 5.28 Å². The molecule has 0 saturated carbocycles. The summed E-state index contributed by atoms with van der Waals surface area (Å²) in [5.41, 5.74) is 6.83. The third kappa shape index (κ3) is 1.71. The van der Waals surface area contributed by atoms with Crippen LogP contribution in [0.15, 0.2) is 4.99 Å². The number of hydrogen-bond acceptors (Lipinski definition) is 4. The number of halogens is 1. The van der Waals surface area contributed by atoms with Gasteiger partial charge in [-0.15, -0.1) is 0 Å². The molecule has 0 aliphatic carbocycles. The van der Waals surface area contributed by atoms with Gasteiger partial charge in [-0.25, -0.2) is 4.98 Å². The second-order valence-corrected chi connectivity index (χ2v) is 2.54. The summed E-state index contributed by atoms with van der Waals surface area (Å²) in [6.07, 6.45) is 1.63. The molecule has 0 bridgehead atoms. The molecule has 0 aromatic carbocycles. The predicted molar refractivity (Wildman–Crippen MR) is 50.0 cm³/mol. The molecular weight excluding hydrogens is 176 g/mol. The van der Waals surface area contributed by atoms with Crippen molar-refractivity contribution in [1.82, 2.24) is 9.97 Å². The minimum atomic E-state index is 0.153. The molecule has 0 aliphatic rings. The highest BCUT2D eigenvalue weighted by atomic mass is 35.5. The zero-order valence-corrected chi connectivity index (χ0v) is 7.63. The Balaban J connectivity index is 3.28. The van der Waals surface area contributed by atoms with E-state index in [1.165, 1.54) is 0 Å². The molecule has 0 aliphatic heterocycles. The van der Waals surface area contributed by atoms with Gasteiger partial charge in [-0.05, 0) is 25.4 Å². The molecular formula is C7H9ClN4. The molecule has 0 spiro atoms. The third-order valence-corrected chi connectivity index (χ3v) is 1.49. The van der Waals surface area contributed by atoms with E-state index in [9.17, 15) is 0 Å². The summed E-state index contributed by atoms with van der Waals surface area (Å²) in [6.45, 7) is 3.58. The van der Waals surface area contributed by atoms with E-state index in [0.29, 0.717) is 17.2 Å². The van der Waals surface area contributed by atoms with Crippen LogP contribution in [0.2, 0.25) is 5.28 Å². The van der Waals surface area contributed by atoms with Gasteiger partial charge in [0.25, 0.3) is 0 Å². The molecule has 1 heterocycles. The second-order valence-electron chi connectivity index (χ2n) is 2.20. The molecule has 0 atom stereocenters. The molecule has 64 valence electrons. The summed E-state index contributed by atoms with van der Waals surface area (Å²) in [7, 11) is 0. The van der Waals surface area contributed by atoms with Crippen LogP contribution in [0, 0.1) is 6.92 Å². The van der Waals surface area contributed by atoms with Gasteiger partial charge in [0.1, 0.15) is 5.69 Å². The average Bonchev–Trinajstić information content (AvgIpc) is 1.96. The highest BCUT2D eigenvalue weighted by Gasteiger charge is 2.05. The predicted octanol–water partition coefficient (Wildman–Crippen LogP) is 1.74. The first-order chi connectivity index (χ1) is 5.65. The summed E-state index contributed by atoms with van der Waals surface area (Å²) in [5.74, 6) is 0.311. The van der Waals surface area contributed by atoms with Crippen molar-refractivity contribution in [2.45, 2.75) is 13.8 Å². The van der Waals surface area contributed by atoms with Crippen LogP contribution in [0.1, 0.15) is 12.6 Å². The van der Waals surface area contributed by atoms with E-state index in [1.54, 1.807) is 20.1 Å². The Hall–Kier alpha value is -1.16. The van der Waals surface area contributed by atoms with E-state index < -0.39 is 0 Å². The molecule has 5 heteroatoms. The van der Waals surface area contributed by atoms with Gasteiger partial charge >= 0.3 is 0 Å². The van der Waals surface area contributed by atoms with Crippen LogP contribution in [-0.2, 0) is 0 Å². The highest BCUT2D eigenvalue weighted by molar-refractivity contribution is 6.28. The number of hydrogen-bond donors (Lipinski definition) is 1.